The predicted molar refractivity (Wildman–Crippen MR) is 113 cm³/mol. The molecule has 0 aliphatic carbocycles. The topological polar surface area (TPSA) is 91.0 Å². The maximum Gasteiger partial charge on any atom is 0.240 e. The maximum absolute atomic E-state index is 12.8. The van der Waals surface area contributed by atoms with Gasteiger partial charge in [0.15, 0.2) is 0 Å². The van der Waals surface area contributed by atoms with Gasteiger partial charge in [-0.1, -0.05) is 12.1 Å². The lowest BCUT2D eigenvalue weighted by Crippen LogP contribution is -2.25. The van der Waals surface area contributed by atoms with E-state index in [9.17, 15) is 8.42 Å². The number of aromatic nitrogens is 3. The molecule has 0 radical (unpaired) electrons. The number of aromatic amines is 1. The summed E-state index contributed by atoms with van der Waals surface area (Å²) < 4.78 is 28.2. The van der Waals surface area contributed by atoms with Crippen LogP contribution in [0.1, 0.15) is 18.7 Å². The van der Waals surface area contributed by atoms with E-state index < -0.39 is 10.0 Å². The zero-order valence-electron chi connectivity index (χ0n) is 15.8. The molecule has 4 aromatic rings. The fourth-order valence-corrected chi connectivity index (χ4v) is 4.81. The van der Waals surface area contributed by atoms with Crippen LogP contribution in [-0.4, -0.2) is 36.5 Å². The van der Waals surface area contributed by atoms with Gasteiger partial charge in [-0.2, -0.15) is 0 Å². The molecule has 0 amide bonds. The summed E-state index contributed by atoms with van der Waals surface area (Å²) in [5.74, 6) is 1.35. The Morgan fingerprint density at radius 2 is 1.86 bits per heavy atom. The predicted octanol–water partition coefficient (Wildman–Crippen LogP) is 3.19. The fraction of sp³-hybridized carbons (Fsp3) is 0.238. The second-order valence-corrected chi connectivity index (χ2v) is 8.99. The molecule has 0 bridgehead atoms. The molecule has 0 saturated carbocycles. The Labute approximate surface area is 168 Å². The maximum atomic E-state index is 12.8. The second kappa shape index (κ2) is 7.13. The highest BCUT2D eigenvalue weighted by Gasteiger charge is 2.20. The summed E-state index contributed by atoms with van der Waals surface area (Å²) in [5, 5.41) is 1.85. The molecule has 1 aliphatic rings. The highest BCUT2D eigenvalue weighted by molar-refractivity contribution is 7.89. The number of anilines is 1. The van der Waals surface area contributed by atoms with Gasteiger partial charge in [0.2, 0.25) is 10.0 Å². The van der Waals surface area contributed by atoms with E-state index in [0.717, 1.165) is 53.6 Å². The van der Waals surface area contributed by atoms with Crippen molar-refractivity contribution in [3.63, 3.8) is 0 Å². The molecule has 1 saturated heterocycles. The zero-order valence-corrected chi connectivity index (χ0v) is 16.6. The molecular formula is C21H21N5O2S. The highest BCUT2D eigenvalue weighted by atomic mass is 32.2. The van der Waals surface area contributed by atoms with Gasteiger partial charge < -0.3 is 9.88 Å². The van der Waals surface area contributed by atoms with Crippen molar-refractivity contribution in [2.24, 2.45) is 0 Å². The van der Waals surface area contributed by atoms with E-state index in [-0.39, 0.29) is 11.4 Å². The summed E-state index contributed by atoms with van der Waals surface area (Å²) >= 11 is 0. The zero-order chi connectivity index (χ0) is 19.8. The van der Waals surface area contributed by atoms with Crippen molar-refractivity contribution in [3.8, 4) is 0 Å². The molecular weight excluding hydrogens is 386 g/mol. The van der Waals surface area contributed by atoms with Crippen molar-refractivity contribution in [2.45, 2.75) is 24.3 Å². The van der Waals surface area contributed by atoms with Crippen molar-refractivity contribution in [3.05, 3.63) is 60.6 Å². The first-order chi connectivity index (χ1) is 14.1. The molecule has 0 unspecified atom stereocenters. The third kappa shape index (κ3) is 3.45. The quantitative estimate of drug-likeness (QED) is 0.530. The normalized spacial score (nSPS) is 14.8. The van der Waals surface area contributed by atoms with Crippen LogP contribution in [0, 0.1) is 0 Å². The first kappa shape index (κ1) is 18.1. The fourth-order valence-electron chi connectivity index (χ4n) is 3.80. The summed E-state index contributed by atoms with van der Waals surface area (Å²) in [6, 6.07) is 14.7. The number of nitrogens with one attached hydrogen (secondary N) is 2. The minimum atomic E-state index is -3.67. The minimum Gasteiger partial charge on any atom is -0.361 e. The first-order valence-electron chi connectivity index (χ1n) is 9.68. The van der Waals surface area contributed by atoms with Gasteiger partial charge in [0.1, 0.15) is 11.6 Å². The lowest BCUT2D eigenvalue weighted by atomic mass is 10.2. The monoisotopic (exact) mass is 407 g/mol. The number of fused-ring (bicyclic) bond motifs is 2. The van der Waals surface area contributed by atoms with Crippen LogP contribution in [0.3, 0.4) is 0 Å². The number of para-hydroxylation sites is 1. The molecule has 3 heterocycles. The van der Waals surface area contributed by atoms with E-state index >= 15 is 0 Å². The van der Waals surface area contributed by atoms with Gasteiger partial charge >= 0.3 is 0 Å². The summed E-state index contributed by atoms with van der Waals surface area (Å²) in [4.78, 5) is 14.8. The summed E-state index contributed by atoms with van der Waals surface area (Å²) in [5.41, 5.74) is 1.73. The van der Waals surface area contributed by atoms with Crippen molar-refractivity contribution in [2.75, 3.05) is 18.0 Å². The Morgan fingerprint density at radius 3 is 2.72 bits per heavy atom. The van der Waals surface area contributed by atoms with E-state index in [1.165, 1.54) is 0 Å². The third-order valence-electron chi connectivity index (χ3n) is 5.29. The lowest BCUT2D eigenvalue weighted by molar-refractivity contribution is 0.579. The van der Waals surface area contributed by atoms with Gasteiger partial charge in [0.05, 0.1) is 17.0 Å². The third-order valence-corrected chi connectivity index (χ3v) is 6.69. The van der Waals surface area contributed by atoms with E-state index in [1.807, 2.05) is 30.3 Å². The van der Waals surface area contributed by atoms with Crippen molar-refractivity contribution < 1.29 is 8.42 Å². The van der Waals surface area contributed by atoms with E-state index in [4.69, 9.17) is 4.98 Å². The molecule has 0 spiro atoms. The molecule has 5 rings (SSSR count). The van der Waals surface area contributed by atoms with Gasteiger partial charge in [-0.25, -0.2) is 23.1 Å². The number of H-pyrrole nitrogens is 1. The Hall–Kier alpha value is -2.97. The van der Waals surface area contributed by atoms with Crippen LogP contribution in [0.5, 0.6) is 0 Å². The molecule has 2 aromatic heterocycles. The van der Waals surface area contributed by atoms with Crippen LogP contribution in [0.2, 0.25) is 0 Å². The van der Waals surface area contributed by atoms with Crippen molar-refractivity contribution >= 4 is 37.6 Å². The van der Waals surface area contributed by atoms with Crippen LogP contribution < -0.4 is 9.62 Å². The molecule has 2 N–H and O–H groups in total. The van der Waals surface area contributed by atoms with Crippen molar-refractivity contribution in [1.82, 2.24) is 19.7 Å². The number of hydrogen-bond acceptors (Lipinski definition) is 5. The summed E-state index contributed by atoms with van der Waals surface area (Å²) in [6.07, 6.45) is 4.07. The Kier molecular flexibility index (Phi) is 4.44. The molecule has 8 heteroatoms. The molecule has 2 aromatic carbocycles. The highest BCUT2D eigenvalue weighted by Crippen LogP contribution is 2.27. The standard InChI is InChI=1S/C21H21N5O2S/c27-29(28,16-7-8-18-15(13-16)9-10-22-18)23-14-20-24-19-6-2-1-5-17(19)21(25-20)26-11-3-4-12-26/h1-2,5-10,13,22-23H,3-4,11-12,14H2. The van der Waals surface area contributed by atoms with Gasteiger partial charge in [0.25, 0.3) is 0 Å². The molecule has 1 aliphatic heterocycles. The van der Waals surface area contributed by atoms with Crippen LogP contribution >= 0.6 is 0 Å². The minimum absolute atomic E-state index is 0.0409. The van der Waals surface area contributed by atoms with Crippen LogP contribution in [0.15, 0.2) is 59.6 Å². The van der Waals surface area contributed by atoms with Crippen LogP contribution in [0.4, 0.5) is 5.82 Å². The summed E-state index contributed by atoms with van der Waals surface area (Å²) in [7, 11) is -3.67. The second-order valence-electron chi connectivity index (χ2n) is 7.23. The molecule has 1 fully saturated rings. The first-order valence-corrected chi connectivity index (χ1v) is 11.2. The Morgan fingerprint density at radius 1 is 1.03 bits per heavy atom. The average Bonchev–Trinajstić information content (AvgIpc) is 3.43. The van der Waals surface area contributed by atoms with Gasteiger partial charge in [0, 0.05) is 35.6 Å². The number of sulfonamides is 1. The molecule has 148 valence electrons. The summed E-state index contributed by atoms with van der Waals surface area (Å²) in [6.45, 7) is 1.96. The molecule has 29 heavy (non-hydrogen) atoms. The van der Waals surface area contributed by atoms with Gasteiger partial charge in [-0.05, 0) is 49.2 Å². The van der Waals surface area contributed by atoms with E-state index in [2.05, 4.69) is 19.6 Å². The number of benzene rings is 2. The van der Waals surface area contributed by atoms with Crippen molar-refractivity contribution in [1.29, 1.82) is 0 Å². The van der Waals surface area contributed by atoms with E-state index in [0.29, 0.717) is 5.82 Å². The number of nitrogens with zero attached hydrogens (tertiary/aromatic N) is 3. The Balaban J connectivity index is 1.45. The number of rotatable bonds is 5. The largest absolute Gasteiger partial charge is 0.361 e. The van der Waals surface area contributed by atoms with Crippen LogP contribution in [0.25, 0.3) is 21.8 Å². The van der Waals surface area contributed by atoms with E-state index in [1.54, 1.807) is 24.4 Å². The van der Waals surface area contributed by atoms with Gasteiger partial charge in [-0.15, -0.1) is 0 Å². The molecule has 0 atom stereocenters. The lowest BCUT2D eigenvalue weighted by Gasteiger charge is -2.19. The molecule has 7 nitrogen and oxygen atoms in total. The number of hydrogen-bond donors (Lipinski definition) is 2. The van der Waals surface area contributed by atoms with Crippen LogP contribution in [-0.2, 0) is 16.6 Å². The van der Waals surface area contributed by atoms with Gasteiger partial charge in [-0.3, -0.25) is 0 Å². The SMILES string of the molecule is O=S(=O)(NCc1nc(N2CCCC2)c2ccccc2n1)c1ccc2[nH]ccc2c1. The smallest absolute Gasteiger partial charge is 0.240 e. The average molecular weight is 407 g/mol. The Bertz CT molecular complexity index is 1290.